The molecule has 20 heavy (non-hydrogen) atoms. The van der Waals surface area contributed by atoms with Gasteiger partial charge in [0.25, 0.3) is 0 Å². The Balaban J connectivity index is 1.63. The largest absolute Gasteiger partial charge is 0.386 e. The van der Waals surface area contributed by atoms with Gasteiger partial charge in [0.05, 0.1) is 0 Å². The van der Waals surface area contributed by atoms with Gasteiger partial charge in [-0.05, 0) is 75.0 Å². The predicted molar refractivity (Wildman–Crippen MR) is 79.4 cm³/mol. The molecule has 1 aromatic heterocycles. The number of rotatable bonds is 4. The average molecular weight is 274 g/mol. The lowest BCUT2D eigenvalue weighted by atomic mass is 9.54. The zero-order valence-electron chi connectivity index (χ0n) is 12.3. The number of hydrogen-bond donors (Lipinski definition) is 2. The number of hydrogen-bond acceptors (Lipinski definition) is 2. The smallest absolute Gasteiger partial charge is 0.106 e. The summed E-state index contributed by atoms with van der Waals surface area (Å²) in [5.41, 5.74) is 1.11. The minimum Gasteiger partial charge on any atom is -0.386 e. The lowest BCUT2D eigenvalue weighted by Gasteiger charge is -2.55. The molecule has 3 nitrogen and oxygen atoms in total. The lowest BCUT2D eigenvalue weighted by Crippen LogP contribution is -2.46. The Morgan fingerprint density at radius 3 is 2.45 bits per heavy atom. The molecule has 1 heterocycles. The Bertz CT molecular complexity index is 453. The zero-order chi connectivity index (χ0) is 13.7. The van der Waals surface area contributed by atoms with Crippen LogP contribution in [0, 0.1) is 23.7 Å². The van der Waals surface area contributed by atoms with Crippen molar-refractivity contribution in [3.05, 3.63) is 24.0 Å². The molecule has 2 N–H and O–H groups in total. The van der Waals surface area contributed by atoms with Crippen LogP contribution in [0.5, 0.6) is 0 Å². The summed E-state index contributed by atoms with van der Waals surface area (Å²) in [6.07, 6.45) is 9.04. The maximum Gasteiger partial charge on any atom is 0.106 e. The maximum absolute atomic E-state index is 10.4. The van der Waals surface area contributed by atoms with E-state index < -0.39 is 0 Å². The molecular weight excluding hydrogens is 248 g/mol. The number of aliphatic hydroxyl groups excluding tert-OH is 1. The number of nitrogens with one attached hydrogen (secondary N) is 1. The molecule has 1 atom stereocenters. The van der Waals surface area contributed by atoms with Crippen LogP contribution in [0.1, 0.15) is 49.9 Å². The van der Waals surface area contributed by atoms with Gasteiger partial charge < -0.3 is 15.0 Å². The second-order valence-corrected chi connectivity index (χ2v) is 7.34. The van der Waals surface area contributed by atoms with E-state index in [0.29, 0.717) is 12.6 Å². The highest BCUT2D eigenvalue weighted by atomic mass is 16.3. The third-order valence-corrected chi connectivity index (χ3v) is 6.05. The highest BCUT2D eigenvalue weighted by Crippen LogP contribution is 2.58. The lowest BCUT2D eigenvalue weighted by molar-refractivity contribution is -0.0318. The minimum atomic E-state index is -0.382. The normalized spacial score (nSPS) is 40.2. The van der Waals surface area contributed by atoms with Crippen LogP contribution in [0.15, 0.2) is 18.3 Å². The van der Waals surface area contributed by atoms with Crippen molar-refractivity contribution < 1.29 is 5.11 Å². The molecule has 0 amide bonds. The molecule has 0 radical (unpaired) electrons. The Kier molecular flexibility index (Phi) is 3.15. The van der Waals surface area contributed by atoms with Gasteiger partial charge in [-0.1, -0.05) is 0 Å². The molecule has 1 aromatic rings. The number of nitrogens with zero attached hydrogens (tertiary/aromatic N) is 1. The fourth-order valence-corrected chi connectivity index (χ4v) is 5.61. The highest BCUT2D eigenvalue weighted by molar-refractivity contribution is 5.15. The van der Waals surface area contributed by atoms with E-state index in [1.807, 2.05) is 7.05 Å². The number of aromatic nitrogens is 1. The molecule has 4 fully saturated rings. The van der Waals surface area contributed by atoms with Crippen LogP contribution in [-0.2, 0) is 0 Å². The molecule has 4 saturated carbocycles. The summed E-state index contributed by atoms with van der Waals surface area (Å²) in [5.74, 6) is 3.74. The third kappa shape index (κ3) is 1.94. The van der Waals surface area contributed by atoms with Gasteiger partial charge in [-0.2, -0.15) is 0 Å². The highest BCUT2D eigenvalue weighted by Gasteiger charge is 2.49. The van der Waals surface area contributed by atoms with Crippen LogP contribution in [-0.4, -0.2) is 23.3 Å². The molecule has 4 bridgehead atoms. The van der Waals surface area contributed by atoms with Gasteiger partial charge in [0.2, 0.25) is 0 Å². The van der Waals surface area contributed by atoms with E-state index in [-0.39, 0.29) is 6.10 Å². The van der Waals surface area contributed by atoms with Gasteiger partial charge in [0.1, 0.15) is 6.10 Å². The first kappa shape index (κ1) is 12.9. The van der Waals surface area contributed by atoms with E-state index in [0.717, 1.165) is 29.4 Å². The van der Waals surface area contributed by atoms with Crippen molar-refractivity contribution in [3.63, 3.8) is 0 Å². The molecule has 5 rings (SSSR count). The van der Waals surface area contributed by atoms with E-state index in [2.05, 4.69) is 28.2 Å². The van der Waals surface area contributed by atoms with Crippen molar-refractivity contribution in [2.75, 3.05) is 13.6 Å². The van der Waals surface area contributed by atoms with Crippen LogP contribution in [0.25, 0.3) is 0 Å². The molecule has 4 aliphatic carbocycles. The summed E-state index contributed by atoms with van der Waals surface area (Å²) in [4.78, 5) is 0. The monoisotopic (exact) mass is 274 g/mol. The van der Waals surface area contributed by atoms with Crippen molar-refractivity contribution in [3.8, 4) is 0 Å². The van der Waals surface area contributed by atoms with Crippen molar-refractivity contribution in [2.24, 2.45) is 23.7 Å². The molecule has 0 aromatic carbocycles. The Morgan fingerprint density at radius 1 is 1.20 bits per heavy atom. The summed E-state index contributed by atoms with van der Waals surface area (Å²) >= 11 is 0. The van der Waals surface area contributed by atoms with E-state index in [9.17, 15) is 5.11 Å². The fourth-order valence-electron chi connectivity index (χ4n) is 5.61. The van der Waals surface area contributed by atoms with E-state index >= 15 is 0 Å². The maximum atomic E-state index is 10.4. The molecular formula is C17H26N2O. The standard InChI is InChI=1S/C17H26N2O/c1-18-10-16(20)15-3-2-4-19(15)17-13-6-11-5-12(8-13)9-14(17)7-11/h2-4,11-14,16-18,20H,5-10H2,1H3. The van der Waals surface area contributed by atoms with Crippen LogP contribution in [0.4, 0.5) is 0 Å². The number of likely N-dealkylation sites (N-methyl/N-ethyl adjacent to an activating group) is 1. The van der Waals surface area contributed by atoms with Gasteiger partial charge in [0, 0.05) is 24.5 Å². The molecule has 0 spiro atoms. The summed E-state index contributed by atoms with van der Waals surface area (Å²) in [6.45, 7) is 0.636. The van der Waals surface area contributed by atoms with Crippen LogP contribution < -0.4 is 5.32 Å². The van der Waals surface area contributed by atoms with Gasteiger partial charge in [-0.15, -0.1) is 0 Å². The molecule has 0 aliphatic heterocycles. The van der Waals surface area contributed by atoms with Crippen LogP contribution in [0.3, 0.4) is 0 Å². The van der Waals surface area contributed by atoms with E-state index in [4.69, 9.17) is 0 Å². The topological polar surface area (TPSA) is 37.2 Å². The fraction of sp³-hybridized carbons (Fsp3) is 0.765. The van der Waals surface area contributed by atoms with Gasteiger partial charge in [-0.3, -0.25) is 0 Å². The van der Waals surface area contributed by atoms with Gasteiger partial charge in [-0.25, -0.2) is 0 Å². The van der Waals surface area contributed by atoms with Crippen molar-refractivity contribution in [1.82, 2.24) is 9.88 Å². The van der Waals surface area contributed by atoms with Gasteiger partial charge >= 0.3 is 0 Å². The van der Waals surface area contributed by atoms with Crippen molar-refractivity contribution >= 4 is 0 Å². The molecule has 0 saturated heterocycles. The Hall–Kier alpha value is -0.800. The summed E-state index contributed by atoms with van der Waals surface area (Å²) in [5, 5.41) is 13.4. The quantitative estimate of drug-likeness (QED) is 0.886. The first-order chi connectivity index (χ1) is 9.76. The summed E-state index contributed by atoms with van der Waals surface area (Å²) < 4.78 is 2.43. The van der Waals surface area contributed by atoms with Crippen molar-refractivity contribution in [2.45, 2.75) is 44.2 Å². The summed E-state index contributed by atoms with van der Waals surface area (Å²) in [7, 11) is 1.90. The van der Waals surface area contributed by atoms with E-state index in [1.54, 1.807) is 0 Å². The number of aliphatic hydroxyl groups is 1. The second-order valence-electron chi connectivity index (χ2n) is 7.34. The van der Waals surface area contributed by atoms with Crippen LogP contribution >= 0.6 is 0 Å². The Morgan fingerprint density at radius 2 is 1.85 bits per heavy atom. The Labute approximate surface area is 121 Å². The zero-order valence-corrected chi connectivity index (χ0v) is 12.3. The first-order valence-corrected chi connectivity index (χ1v) is 8.25. The molecule has 1 unspecified atom stereocenters. The molecule has 3 heteroatoms. The minimum absolute atomic E-state index is 0.382. The molecule has 110 valence electrons. The SMILES string of the molecule is CNCC(O)c1cccn1C1C2CC3CC(C2)CC1C3. The second kappa shape index (κ2) is 4.88. The summed E-state index contributed by atoms with van der Waals surface area (Å²) in [6, 6.07) is 4.87. The predicted octanol–water partition coefficient (Wildman–Crippen LogP) is 2.74. The van der Waals surface area contributed by atoms with E-state index in [1.165, 1.54) is 32.1 Å². The first-order valence-electron chi connectivity index (χ1n) is 8.25. The third-order valence-electron chi connectivity index (χ3n) is 6.05. The van der Waals surface area contributed by atoms with Crippen molar-refractivity contribution in [1.29, 1.82) is 0 Å². The van der Waals surface area contributed by atoms with Crippen LogP contribution in [0.2, 0.25) is 0 Å². The average Bonchev–Trinajstić information content (AvgIpc) is 2.87. The molecule has 4 aliphatic rings. The van der Waals surface area contributed by atoms with Gasteiger partial charge in [0.15, 0.2) is 0 Å².